The van der Waals surface area contributed by atoms with E-state index >= 15 is 0 Å². The van der Waals surface area contributed by atoms with Crippen LogP contribution in [0, 0.1) is 0 Å². The van der Waals surface area contributed by atoms with Crippen LogP contribution in [0.25, 0.3) is 0 Å². The molecule has 2 aromatic rings. The van der Waals surface area contributed by atoms with Crippen LogP contribution in [0.15, 0.2) is 35.8 Å². The smallest absolute Gasteiger partial charge is 0.190 e. The van der Waals surface area contributed by atoms with Gasteiger partial charge in [0.1, 0.15) is 18.4 Å². The van der Waals surface area contributed by atoms with Crippen LogP contribution in [-0.2, 0) is 13.0 Å². The second kappa shape index (κ2) is 12.7. The maximum absolute atomic E-state index is 6.25. The van der Waals surface area contributed by atoms with Crippen molar-refractivity contribution in [1.82, 2.24) is 25.4 Å². The number of benzene rings is 1. The number of nitrogens with one attached hydrogen (secondary N) is 2. The van der Waals surface area contributed by atoms with Gasteiger partial charge < -0.3 is 19.9 Å². The van der Waals surface area contributed by atoms with Gasteiger partial charge in [0, 0.05) is 31.7 Å². The van der Waals surface area contributed by atoms with E-state index in [9.17, 15) is 0 Å². The second-order valence-corrected chi connectivity index (χ2v) is 5.95. The zero-order valence-corrected chi connectivity index (χ0v) is 18.2. The second-order valence-electron chi connectivity index (χ2n) is 5.54. The van der Waals surface area contributed by atoms with Crippen LogP contribution in [0.3, 0.4) is 0 Å². The minimum Gasteiger partial charge on any atom is -0.497 e. The zero-order chi connectivity index (χ0) is 17.9. The Morgan fingerprint density at radius 1 is 1.19 bits per heavy atom. The highest BCUT2D eigenvalue weighted by molar-refractivity contribution is 14.0. The summed E-state index contributed by atoms with van der Waals surface area (Å²) >= 11 is 6.25. The summed E-state index contributed by atoms with van der Waals surface area (Å²) in [4.78, 5) is 4.23. The minimum absolute atomic E-state index is 0. The van der Waals surface area contributed by atoms with Crippen LogP contribution < -0.4 is 15.4 Å². The molecule has 26 heavy (non-hydrogen) atoms. The maximum Gasteiger partial charge on any atom is 0.190 e. The lowest BCUT2D eigenvalue weighted by Gasteiger charge is -2.12. The van der Waals surface area contributed by atoms with Gasteiger partial charge in [-0.15, -0.1) is 34.2 Å². The molecule has 0 bridgehead atoms. The molecule has 0 aliphatic heterocycles. The summed E-state index contributed by atoms with van der Waals surface area (Å²) in [5, 5.41) is 14.9. The quantitative estimate of drug-likeness (QED) is 0.244. The predicted octanol–water partition coefficient (Wildman–Crippen LogP) is 2.75. The summed E-state index contributed by atoms with van der Waals surface area (Å²) in [5.74, 6) is 1.57. The van der Waals surface area contributed by atoms with Crippen LogP contribution in [0.5, 0.6) is 5.75 Å². The molecule has 0 unspecified atom stereocenters. The Morgan fingerprint density at radius 3 is 2.58 bits per heavy atom. The van der Waals surface area contributed by atoms with E-state index in [1.54, 1.807) is 26.8 Å². The van der Waals surface area contributed by atoms with Gasteiger partial charge in [0.05, 0.1) is 7.11 Å². The molecule has 0 radical (unpaired) electrons. The number of aryl methyl sites for hydroxylation is 1. The molecule has 0 spiro atoms. The molecule has 7 nitrogen and oxygen atoms in total. The molecule has 2 rings (SSSR count). The van der Waals surface area contributed by atoms with Crippen LogP contribution in [0.2, 0.25) is 5.02 Å². The highest BCUT2D eigenvalue weighted by atomic mass is 127. The van der Waals surface area contributed by atoms with Gasteiger partial charge in [-0.25, -0.2) is 0 Å². The van der Waals surface area contributed by atoms with E-state index in [0.717, 1.165) is 61.2 Å². The third-order valence-electron chi connectivity index (χ3n) is 3.77. The van der Waals surface area contributed by atoms with Gasteiger partial charge >= 0.3 is 0 Å². The first kappa shape index (κ1) is 22.5. The lowest BCUT2D eigenvalue weighted by atomic mass is 10.1. The van der Waals surface area contributed by atoms with Crippen molar-refractivity contribution in [2.75, 3.05) is 27.2 Å². The molecule has 9 heteroatoms. The number of guanidine groups is 1. The van der Waals surface area contributed by atoms with Crippen molar-refractivity contribution in [3.05, 3.63) is 41.4 Å². The van der Waals surface area contributed by atoms with Crippen LogP contribution in [0.1, 0.15) is 18.4 Å². The number of aliphatic imine (C=N–C) groups is 1. The normalized spacial score (nSPS) is 11.0. The van der Waals surface area contributed by atoms with E-state index < -0.39 is 0 Å². The van der Waals surface area contributed by atoms with E-state index in [2.05, 4.69) is 25.8 Å². The largest absolute Gasteiger partial charge is 0.497 e. The first-order chi connectivity index (χ1) is 12.2. The number of unbranched alkanes of at least 4 members (excludes halogenated alkanes) is 1. The number of hydrogen-bond donors (Lipinski definition) is 2. The van der Waals surface area contributed by atoms with Crippen molar-refractivity contribution in [1.29, 1.82) is 0 Å². The van der Waals surface area contributed by atoms with Crippen molar-refractivity contribution < 1.29 is 4.74 Å². The molecule has 0 saturated heterocycles. The van der Waals surface area contributed by atoms with Gasteiger partial charge in [-0.3, -0.25) is 4.99 Å². The molecule has 1 heterocycles. The number of ether oxygens (including phenoxy) is 1. The molecule has 1 aromatic carbocycles. The first-order valence-corrected chi connectivity index (χ1v) is 8.70. The van der Waals surface area contributed by atoms with E-state index in [4.69, 9.17) is 16.3 Å². The van der Waals surface area contributed by atoms with Gasteiger partial charge in [-0.1, -0.05) is 17.7 Å². The lowest BCUT2D eigenvalue weighted by Crippen LogP contribution is -2.38. The Bertz CT molecular complexity index is 665. The van der Waals surface area contributed by atoms with Gasteiger partial charge in [-0.2, -0.15) is 0 Å². The summed E-state index contributed by atoms with van der Waals surface area (Å²) in [6.07, 6.45) is 6.39. The SMILES string of the molecule is CN=C(NCCCCn1cnnc1)NCCc1ccc(OC)cc1Cl.I. The molecular weight excluding hydrogens is 467 g/mol. The molecule has 0 aliphatic rings. The van der Waals surface area contributed by atoms with Crippen molar-refractivity contribution in [3.8, 4) is 5.75 Å². The molecular formula is C17H26ClIN6O. The monoisotopic (exact) mass is 492 g/mol. The maximum atomic E-state index is 6.25. The van der Waals surface area contributed by atoms with E-state index in [-0.39, 0.29) is 24.0 Å². The Kier molecular flexibility index (Phi) is 11.0. The number of methoxy groups -OCH3 is 1. The molecule has 0 saturated carbocycles. The zero-order valence-electron chi connectivity index (χ0n) is 15.1. The summed E-state index contributed by atoms with van der Waals surface area (Å²) in [5.41, 5.74) is 1.08. The topological polar surface area (TPSA) is 76.4 Å². The van der Waals surface area contributed by atoms with E-state index in [1.165, 1.54) is 0 Å². The first-order valence-electron chi connectivity index (χ1n) is 8.32. The lowest BCUT2D eigenvalue weighted by molar-refractivity contribution is 0.414. The standard InChI is InChI=1S/C17H25ClN6O.HI/c1-19-17(20-8-3-4-10-24-12-22-23-13-24)21-9-7-14-5-6-15(25-2)11-16(14)18;/h5-6,11-13H,3-4,7-10H2,1-2H3,(H2,19,20,21);1H. The highest BCUT2D eigenvalue weighted by Crippen LogP contribution is 2.22. The van der Waals surface area contributed by atoms with Crippen molar-refractivity contribution >= 4 is 41.5 Å². The molecule has 0 atom stereocenters. The Labute approximate surface area is 176 Å². The average Bonchev–Trinajstić information content (AvgIpc) is 3.14. The molecule has 0 fully saturated rings. The minimum atomic E-state index is 0. The predicted molar refractivity (Wildman–Crippen MR) is 116 cm³/mol. The number of aromatic nitrogens is 3. The number of nitrogens with zero attached hydrogens (tertiary/aromatic N) is 4. The summed E-state index contributed by atoms with van der Waals surface area (Å²) in [6.45, 7) is 2.55. The van der Waals surface area contributed by atoms with Crippen molar-refractivity contribution in [3.63, 3.8) is 0 Å². The van der Waals surface area contributed by atoms with Crippen LogP contribution in [-0.4, -0.2) is 48.0 Å². The fourth-order valence-electron chi connectivity index (χ4n) is 2.36. The molecule has 0 amide bonds. The van der Waals surface area contributed by atoms with Crippen LogP contribution in [0.4, 0.5) is 0 Å². The molecule has 0 aliphatic carbocycles. The summed E-state index contributed by atoms with van der Waals surface area (Å²) in [7, 11) is 3.40. The molecule has 1 aromatic heterocycles. The highest BCUT2D eigenvalue weighted by Gasteiger charge is 2.03. The third-order valence-corrected chi connectivity index (χ3v) is 4.12. The van der Waals surface area contributed by atoms with E-state index in [1.807, 2.05) is 22.8 Å². The molecule has 2 N–H and O–H groups in total. The van der Waals surface area contributed by atoms with Crippen molar-refractivity contribution in [2.24, 2.45) is 4.99 Å². The summed E-state index contributed by atoms with van der Waals surface area (Å²) in [6, 6.07) is 5.74. The van der Waals surface area contributed by atoms with Crippen molar-refractivity contribution in [2.45, 2.75) is 25.8 Å². The number of hydrogen-bond acceptors (Lipinski definition) is 4. The van der Waals surface area contributed by atoms with Crippen LogP contribution >= 0.6 is 35.6 Å². The van der Waals surface area contributed by atoms with Gasteiger partial charge in [0.15, 0.2) is 5.96 Å². The third kappa shape index (κ3) is 7.77. The van der Waals surface area contributed by atoms with E-state index in [0.29, 0.717) is 0 Å². The summed E-state index contributed by atoms with van der Waals surface area (Å²) < 4.78 is 7.14. The van der Waals surface area contributed by atoms with Gasteiger partial charge in [0.2, 0.25) is 0 Å². The fraction of sp³-hybridized carbons (Fsp3) is 0.471. The number of halogens is 2. The Morgan fingerprint density at radius 2 is 1.92 bits per heavy atom. The van der Waals surface area contributed by atoms with Gasteiger partial charge in [0.25, 0.3) is 0 Å². The number of rotatable bonds is 9. The van der Waals surface area contributed by atoms with Gasteiger partial charge in [-0.05, 0) is 37.0 Å². The Balaban J connectivity index is 0.00000338. The molecule has 144 valence electrons. The Hall–Kier alpha value is -1.55. The average molecular weight is 493 g/mol. The fourth-order valence-corrected chi connectivity index (χ4v) is 2.62.